The largest absolute Gasteiger partial charge is 0.295 e. The summed E-state index contributed by atoms with van der Waals surface area (Å²) >= 11 is 5.79. The van der Waals surface area contributed by atoms with E-state index in [1.165, 1.54) is 6.07 Å². The first kappa shape index (κ1) is 13.8. The molecule has 19 heavy (non-hydrogen) atoms. The summed E-state index contributed by atoms with van der Waals surface area (Å²) in [6.45, 7) is 1.15. The molecule has 2 rings (SSSR count). The van der Waals surface area contributed by atoms with E-state index in [2.05, 4.69) is 11.0 Å². The van der Waals surface area contributed by atoms with Gasteiger partial charge in [0.15, 0.2) is 0 Å². The minimum Gasteiger partial charge on any atom is -0.295 e. The summed E-state index contributed by atoms with van der Waals surface area (Å²) in [5, 5.41) is 20.1. The maximum absolute atomic E-state index is 11.0. The summed E-state index contributed by atoms with van der Waals surface area (Å²) < 4.78 is 0. The molecule has 1 fully saturated rings. The summed E-state index contributed by atoms with van der Waals surface area (Å²) in [5.74, 6) is 0. The van der Waals surface area contributed by atoms with Crippen molar-refractivity contribution in [3.05, 3.63) is 38.9 Å². The van der Waals surface area contributed by atoms with Crippen LogP contribution in [0.1, 0.15) is 24.8 Å². The third kappa shape index (κ3) is 3.66. The minimum absolute atomic E-state index is 0.0510. The second kappa shape index (κ2) is 6.00. The van der Waals surface area contributed by atoms with Gasteiger partial charge in [0.2, 0.25) is 0 Å². The van der Waals surface area contributed by atoms with Gasteiger partial charge in [0.25, 0.3) is 5.69 Å². The molecule has 0 aliphatic heterocycles. The zero-order chi connectivity index (χ0) is 13.8. The molecule has 0 aromatic heterocycles. The van der Waals surface area contributed by atoms with E-state index in [1.54, 1.807) is 12.1 Å². The first-order valence-electron chi connectivity index (χ1n) is 6.15. The highest BCUT2D eigenvalue weighted by Gasteiger charge is 2.30. The summed E-state index contributed by atoms with van der Waals surface area (Å²) in [6.07, 6.45) is 2.65. The summed E-state index contributed by atoms with van der Waals surface area (Å²) in [7, 11) is 0. The number of nitriles is 1. The average molecular weight is 280 g/mol. The highest BCUT2D eigenvalue weighted by molar-refractivity contribution is 6.30. The molecule has 0 atom stereocenters. The van der Waals surface area contributed by atoms with Crippen LogP contribution in [0.2, 0.25) is 5.02 Å². The molecule has 1 aliphatic carbocycles. The van der Waals surface area contributed by atoms with Gasteiger partial charge in [0.05, 0.1) is 11.0 Å². The van der Waals surface area contributed by atoms with Gasteiger partial charge in [-0.2, -0.15) is 5.26 Å². The van der Waals surface area contributed by atoms with Crippen LogP contribution in [-0.2, 0) is 6.54 Å². The second-order valence-electron chi connectivity index (χ2n) is 4.64. The first-order valence-corrected chi connectivity index (χ1v) is 6.53. The number of nitro groups is 1. The number of rotatable bonds is 6. The van der Waals surface area contributed by atoms with Crippen LogP contribution in [0.15, 0.2) is 18.2 Å². The Labute approximate surface area is 116 Å². The second-order valence-corrected chi connectivity index (χ2v) is 5.08. The van der Waals surface area contributed by atoms with E-state index in [4.69, 9.17) is 16.9 Å². The Bertz CT molecular complexity index is 523. The van der Waals surface area contributed by atoms with E-state index in [0.717, 1.165) is 12.8 Å². The normalized spacial score (nSPS) is 14.4. The van der Waals surface area contributed by atoms with Crippen LogP contribution in [0.3, 0.4) is 0 Å². The van der Waals surface area contributed by atoms with Crippen molar-refractivity contribution in [1.82, 2.24) is 4.90 Å². The van der Waals surface area contributed by atoms with Crippen molar-refractivity contribution in [2.45, 2.75) is 31.8 Å². The van der Waals surface area contributed by atoms with Gasteiger partial charge in [-0.15, -0.1) is 0 Å². The molecule has 1 saturated carbocycles. The molecule has 5 nitrogen and oxygen atoms in total. The quantitative estimate of drug-likeness (QED) is 0.592. The summed E-state index contributed by atoms with van der Waals surface area (Å²) in [4.78, 5) is 12.8. The van der Waals surface area contributed by atoms with Gasteiger partial charge < -0.3 is 0 Å². The van der Waals surface area contributed by atoms with Crippen molar-refractivity contribution in [3.63, 3.8) is 0 Å². The van der Waals surface area contributed by atoms with E-state index in [9.17, 15) is 10.1 Å². The molecule has 0 saturated heterocycles. The van der Waals surface area contributed by atoms with Crippen molar-refractivity contribution in [2.75, 3.05) is 6.54 Å². The van der Waals surface area contributed by atoms with E-state index in [0.29, 0.717) is 36.1 Å². The fourth-order valence-electron chi connectivity index (χ4n) is 2.08. The van der Waals surface area contributed by atoms with Gasteiger partial charge in [0, 0.05) is 42.2 Å². The monoisotopic (exact) mass is 279 g/mol. The molecule has 0 N–H and O–H groups in total. The van der Waals surface area contributed by atoms with Gasteiger partial charge in [-0.25, -0.2) is 0 Å². The average Bonchev–Trinajstić information content (AvgIpc) is 3.20. The van der Waals surface area contributed by atoms with E-state index >= 15 is 0 Å². The Kier molecular flexibility index (Phi) is 4.35. The predicted molar refractivity (Wildman–Crippen MR) is 71.8 cm³/mol. The fourth-order valence-corrected chi connectivity index (χ4v) is 2.25. The van der Waals surface area contributed by atoms with Crippen LogP contribution in [0.4, 0.5) is 5.69 Å². The van der Waals surface area contributed by atoms with Crippen molar-refractivity contribution in [3.8, 4) is 6.07 Å². The summed E-state index contributed by atoms with van der Waals surface area (Å²) in [5.41, 5.74) is 0.703. The van der Waals surface area contributed by atoms with Gasteiger partial charge in [-0.05, 0) is 25.0 Å². The fraction of sp³-hybridized carbons (Fsp3) is 0.462. The van der Waals surface area contributed by atoms with Crippen molar-refractivity contribution in [2.24, 2.45) is 0 Å². The number of benzene rings is 1. The van der Waals surface area contributed by atoms with Gasteiger partial charge in [0.1, 0.15) is 0 Å². The molecule has 0 heterocycles. The first-order chi connectivity index (χ1) is 9.11. The number of hydrogen-bond acceptors (Lipinski definition) is 4. The number of nitro benzene ring substituents is 1. The van der Waals surface area contributed by atoms with Gasteiger partial charge in [-0.1, -0.05) is 11.6 Å². The molecule has 100 valence electrons. The van der Waals surface area contributed by atoms with Crippen LogP contribution in [-0.4, -0.2) is 22.4 Å². The minimum atomic E-state index is -0.406. The van der Waals surface area contributed by atoms with Crippen LogP contribution in [0, 0.1) is 21.4 Å². The van der Waals surface area contributed by atoms with Crippen molar-refractivity contribution in [1.29, 1.82) is 5.26 Å². The number of halogens is 1. The van der Waals surface area contributed by atoms with E-state index in [-0.39, 0.29) is 5.69 Å². The number of nitrogens with zero attached hydrogens (tertiary/aromatic N) is 3. The lowest BCUT2D eigenvalue weighted by atomic mass is 10.1. The molecule has 0 unspecified atom stereocenters. The Morgan fingerprint density at radius 3 is 2.84 bits per heavy atom. The molecule has 0 spiro atoms. The third-order valence-electron chi connectivity index (χ3n) is 3.19. The van der Waals surface area contributed by atoms with Crippen LogP contribution in [0.25, 0.3) is 0 Å². The molecule has 0 bridgehead atoms. The smallest absolute Gasteiger partial charge is 0.275 e. The predicted octanol–water partition coefficient (Wildman–Crippen LogP) is 3.13. The topological polar surface area (TPSA) is 70.2 Å². The summed E-state index contributed by atoms with van der Waals surface area (Å²) in [6, 6.07) is 7.32. The van der Waals surface area contributed by atoms with Crippen LogP contribution in [0.5, 0.6) is 0 Å². The maximum Gasteiger partial charge on any atom is 0.275 e. The van der Waals surface area contributed by atoms with Gasteiger partial charge in [-0.3, -0.25) is 15.0 Å². The standard InChI is InChI=1S/C13H14ClN3O2/c14-11-3-2-10(13(8-11)17(18)19)9-16(7-1-6-15)12-4-5-12/h2-3,8,12H,1,4-5,7,9H2. The van der Waals surface area contributed by atoms with Gasteiger partial charge >= 0.3 is 0 Å². The Balaban J connectivity index is 2.16. The maximum atomic E-state index is 11.0. The SMILES string of the molecule is N#CCCN(Cc1ccc(Cl)cc1[N+](=O)[O-])C1CC1. The molecule has 6 heteroatoms. The molecule has 0 radical (unpaired) electrons. The highest BCUT2D eigenvalue weighted by atomic mass is 35.5. The Morgan fingerprint density at radius 1 is 1.53 bits per heavy atom. The van der Waals surface area contributed by atoms with E-state index in [1.807, 2.05) is 0 Å². The van der Waals surface area contributed by atoms with Crippen LogP contribution < -0.4 is 0 Å². The Hall–Kier alpha value is -1.64. The number of hydrogen-bond donors (Lipinski definition) is 0. The zero-order valence-corrected chi connectivity index (χ0v) is 11.1. The molecular formula is C13H14ClN3O2. The van der Waals surface area contributed by atoms with Crippen LogP contribution >= 0.6 is 11.6 Å². The third-order valence-corrected chi connectivity index (χ3v) is 3.43. The molecule has 1 aromatic carbocycles. The van der Waals surface area contributed by atoms with Crippen molar-refractivity contribution >= 4 is 17.3 Å². The highest BCUT2D eigenvalue weighted by Crippen LogP contribution is 2.31. The zero-order valence-electron chi connectivity index (χ0n) is 10.4. The molecular weight excluding hydrogens is 266 g/mol. The van der Waals surface area contributed by atoms with Crippen molar-refractivity contribution < 1.29 is 4.92 Å². The Morgan fingerprint density at radius 2 is 2.26 bits per heavy atom. The molecule has 1 aliphatic rings. The lowest BCUT2D eigenvalue weighted by Crippen LogP contribution is -2.26. The lowest BCUT2D eigenvalue weighted by molar-refractivity contribution is -0.385. The molecule has 0 amide bonds. The van der Waals surface area contributed by atoms with E-state index < -0.39 is 4.92 Å². The molecule has 1 aromatic rings. The lowest BCUT2D eigenvalue weighted by Gasteiger charge is -2.20.